The molecule has 0 aliphatic carbocycles. The summed E-state index contributed by atoms with van der Waals surface area (Å²) in [6.07, 6.45) is 6.62. The van der Waals surface area contributed by atoms with Crippen molar-refractivity contribution in [3.05, 3.63) is 24.3 Å². The lowest BCUT2D eigenvalue weighted by atomic mass is 10.1. The van der Waals surface area contributed by atoms with Crippen molar-refractivity contribution in [3.8, 4) is 0 Å². The van der Waals surface area contributed by atoms with Gasteiger partial charge in [0, 0.05) is 25.7 Å². The van der Waals surface area contributed by atoms with E-state index >= 15 is 0 Å². The van der Waals surface area contributed by atoms with Crippen molar-refractivity contribution in [2.75, 3.05) is 19.6 Å². The minimum Gasteiger partial charge on any atom is -0.207 e. The zero-order valence-corrected chi connectivity index (χ0v) is 16.9. The van der Waals surface area contributed by atoms with Crippen molar-refractivity contribution in [1.29, 1.82) is 0 Å². The average Bonchev–Trinajstić information content (AvgIpc) is 2.92. The lowest BCUT2D eigenvalue weighted by Gasteiger charge is -2.32. The molecule has 3 rings (SSSR count). The van der Waals surface area contributed by atoms with Gasteiger partial charge in [-0.15, -0.1) is 0 Å². The fourth-order valence-electron chi connectivity index (χ4n) is 3.78. The van der Waals surface area contributed by atoms with Crippen molar-refractivity contribution in [1.82, 2.24) is 8.61 Å². The summed E-state index contributed by atoms with van der Waals surface area (Å²) < 4.78 is 54.4. The Labute approximate surface area is 157 Å². The van der Waals surface area contributed by atoms with Crippen LogP contribution in [0.15, 0.2) is 34.1 Å². The highest BCUT2D eigenvalue weighted by Crippen LogP contribution is 2.27. The molecule has 0 saturated carbocycles. The SMILES string of the molecule is CC1CCCCN1S(=O)(=O)c1ccc(S(=O)(=O)N2CCCCCC2)cc1. The largest absolute Gasteiger partial charge is 0.243 e. The molecule has 2 saturated heterocycles. The summed E-state index contributed by atoms with van der Waals surface area (Å²) >= 11 is 0. The number of hydrogen-bond acceptors (Lipinski definition) is 4. The monoisotopic (exact) mass is 400 g/mol. The van der Waals surface area contributed by atoms with Gasteiger partial charge in [-0.2, -0.15) is 8.61 Å². The summed E-state index contributed by atoms with van der Waals surface area (Å²) in [6, 6.07) is 5.71. The predicted molar refractivity (Wildman–Crippen MR) is 101 cm³/mol. The van der Waals surface area contributed by atoms with Crippen LogP contribution in [-0.2, 0) is 20.0 Å². The predicted octanol–water partition coefficient (Wildman–Crippen LogP) is 2.81. The highest BCUT2D eigenvalue weighted by atomic mass is 32.2. The summed E-state index contributed by atoms with van der Waals surface area (Å²) in [5, 5.41) is 0. The van der Waals surface area contributed by atoms with E-state index in [1.807, 2.05) is 6.92 Å². The van der Waals surface area contributed by atoms with Crippen LogP contribution in [0, 0.1) is 0 Å². The lowest BCUT2D eigenvalue weighted by molar-refractivity contribution is 0.268. The van der Waals surface area contributed by atoms with Crippen LogP contribution in [0.4, 0.5) is 0 Å². The molecule has 2 aliphatic heterocycles. The molecule has 1 aromatic rings. The van der Waals surface area contributed by atoms with Crippen LogP contribution in [0.25, 0.3) is 0 Å². The first kappa shape index (κ1) is 19.8. The van der Waals surface area contributed by atoms with Crippen LogP contribution in [0.2, 0.25) is 0 Å². The molecule has 0 radical (unpaired) electrons. The van der Waals surface area contributed by atoms with Crippen LogP contribution in [0.5, 0.6) is 0 Å². The zero-order valence-electron chi connectivity index (χ0n) is 15.3. The van der Waals surface area contributed by atoms with Gasteiger partial charge >= 0.3 is 0 Å². The van der Waals surface area contributed by atoms with E-state index in [4.69, 9.17) is 0 Å². The highest BCUT2D eigenvalue weighted by Gasteiger charge is 2.31. The maximum absolute atomic E-state index is 12.9. The van der Waals surface area contributed by atoms with Crippen LogP contribution in [-0.4, -0.2) is 51.1 Å². The van der Waals surface area contributed by atoms with E-state index in [9.17, 15) is 16.8 Å². The minimum atomic E-state index is -3.58. The maximum Gasteiger partial charge on any atom is 0.243 e. The van der Waals surface area contributed by atoms with Gasteiger partial charge in [0.15, 0.2) is 0 Å². The Morgan fingerprint density at radius 3 is 1.77 bits per heavy atom. The zero-order chi connectivity index (χ0) is 18.8. The number of benzene rings is 1. The molecule has 6 nitrogen and oxygen atoms in total. The van der Waals surface area contributed by atoms with Gasteiger partial charge in [-0.05, 0) is 56.9 Å². The van der Waals surface area contributed by atoms with E-state index in [1.54, 1.807) is 0 Å². The third kappa shape index (κ3) is 3.98. The lowest BCUT2D eigenvalue weighted by Crippen LogP contribution is -2.41. The molecule has 26 heavy (non-hydrogen) atoms. The molecule has 1 atom stereocenters. The van der Waals surface area contributed by atoms with Crippen LogP contribution in [0.3, 0.4) is 0 Å². The van der Waals surface area contributed by atoms with Crippen LogP contribution in [0.1, 0.15) is 51.9 Å². The molecule has 0 spiro atoms. The molecule has 2 fully saturated rings. The molecule has 2 heterocycles. The van der Waals surface area contributed by atoms with E-state index in [-0.39, 0.29) is 15.8 Å². The Hall–Kier alpha value is -0.960. The molecular formula is C18H28N2O4S2. The summed E-state index contributed by atoms with van der Waals surface area (Å²) in [7, 11) is -7.14. The molecule has 1 aromatic carbocycles. The van der Waals surface area contributed by atoms with Gasteiger partial charge in [0.1, 0.15) is 0 Å². The quantitative estimate of drug-likeness (QED) is 0.779. The number of nitrogens with zero attached hydrogens (tertiary/aromatic N) is 2. The number of rotatable bonds is 4. The summed E-state index contributed by atoms with van der Waals surface area (Å²) in [5.41, 5.74) is 0. The van der Waals surface area contributed by atoms with Gasteiger partial charge in [-0.25, -0.2) is 16.8 Å². The van der Waals surface area contributed by atoms with E-state index in [2.05, 4.69) is 0 Å². The second-order valence-corrected chi connectivity index (χ2v) is 11.1. The van der Waals surface area contributed by atoms with Crippen molar-refractivity contribution in [2.24, 2.45) is 0 Å². The second-order valence-electron chi connectivity index (χ2n) is 7.25. The normalized spacial score (nSPS) is 24.3. The van der Waals surface area contributed by atoms with Gasteiger partial charge in [-0.3, -0.25) is 0 Å². The topological polar surface area (TPSA) is 74.8 Å². The fraction of sp³-hybridized carbons (Fsp3) is 0.667. The molecule has 2 aliphatic rings. The fourth-order valence-corrected chi connectivity index (χ4v) is 7.00. The van der Waals surface area contributed by atoms with Gasteiger partial charge in [0.2, 0.25) is 20.0 Å². The maximum atomic E-state index is 12.9. The molecule has 0 amide bonds. The van der Waals surface area contributed by atoms with Crippen LogP contribution < -0.4 is 0 Å². The molecule has 0 bridgehead atoms. The van der Waals surface area contributed by atoms with E-state index < -0.39 is 20.0 Å². The summed E-state index contributed by atoms with van der Waals surface area (Å²) in [4.78, 5) is 0.339. The van der Waals surface area contributed by atoms with Crippen LogP contribution >= 0.6 is 0 Å². The Bertz CT molecular complexity index is 811. The molecule has 0 aromatic heterocycles. The standard InChI is InChI=1S/C18H28N2O4S2/c1-16-8-4-7-15-20(16)26(23,24)18-11-9-17(10-12-18)25(21,22)19-13-5-2-3-6-14-19/h9-12,16H,2-8,13-15H2,1H3. The first-order chi connectivity index (χ1) is 12.3. The summed E-state index contributed by atoms with van der Waals surface area (Å²) in [5.74, 6) is 0. The van der Waals surface area contributed by atoms with E-state index in [0.29, 0.717) is 19.6 Å². The Kier molecular flexibility index (Phi) is 6.06. The first-order valence-electron chi connectivity index (χ1n) is 9.45. The van der Waals surface area contributed by atoms with E-state index in [1.165, 1.54) is 32.9 Å². The van der Waals surface area contributed by atoms with E-state index in [0.717, 1.165) is 44.9 Å². The molecular weight excluding hydrogens is 372 g/mol. The first-order valence-corrected chi connectivity index (χ1v) is 12.3. The van der Waals surface area contributed by atoms with Crippen molar-refractivity contribution < 1.29 is 16.8 Å². The summed E-state index contributed by atoms with van der Waals surface area (Å²) in [6.45, 7) is 3.52. The van der Waals surface area contributed by atoms with Crippen molar-refractivity contribution >= 4 is 20.0 Å². The molecule has 8 heteroatoms. The van der Waals surface area contributed by atoms with Gasteiger partial charge in [0.25, 0.3) is 0 Å². The smallest absolute Gasteiger partial charge is 0.207 e. The Balaban J connectivity index is 1.83. The number of sulfonamides is 2. The third-order valence-corrected chi connectivity index (χ3v) is 9.32. The second kappa shape index (κ2) is 7.96. The number of piperidine rings is 1. The molecule has 1 unspecified atom stereocenters. The number of hydrogen-bond donors (Lipinski definition) is 0. The van der Waals surface area contributed by atoms with Gasteiger partial charge < -0.3 is 0 Å². The van der Waals surface area contributed by atoms with Crippen molar-refractivity contribution in [3.63, 3.8) is 0 Å². The minimum absolute atomic E-state index is 0.0192. The molecule has 0 N–H and O–H groups in total. The highest BCUT2D eigenvalue weighted by molar-refractivity contribution is 7.89. The van der Waals surface area contributed by atoms with Crippen molar-refractivity contribution in [2.45, 2.75) is 67.7 Å². The third-order valence-electron chi connectivity index (χ3n) is 5.38. The van der Waals surface area contributed by atoms with Gasteiger partial charge in [-0.1, -0.05) is 19.3 Å². The molecule has 146 valence electrons. The van der Waals surface area contributed by atoms with Gasteiger partial charge in [0.05, 0.1) is 9.79 Å². The average molecular weight is 401 g/mol. The Morgan fingerprint density at radius 1 is 0.731 bits per heavy atom. The Morgan fingerprint density at radius 2 is 1.23 bits per heavy atom.